The molecule has 1 atom stereocenters. The van der Waals surface area contributed by atoms with Crippen LogP contribution in [-0.2, 0) is 30.8 Å². The van der Waals surface area contributed by atoms with Crippen molar-refractivity contribution >= 4 is 33.2 Å². The molecule has 3 rings (SSSR count). The van der Waals surface area contributed by atoms with Crippen molar-refractivity contribution in [2.24, 2.45) is 5.73 Å². The quantitative estimate of drug-likeness (QED) is 0.323. The van der Waals surface area contributed by atoms with Crippen molar-refractivity contribution in [2.45, 2.75) is 24.3 Å². The Labute approximate surface area is 224 Å². The molecule has 0 aliphatic carbocycles. The second-order valence-electron chi connectivity index (χ2n) is 8.43. The largest absolute Gasteiger partial charge is 0.378 e. The Bertz CT molecular complexity index is 1090. The molecule has 1 aliphatic heterocycles. The minimum Gasteiger partial charge on any atom is -0.378 e. The Hall–Kier alpha value is -1.27. The number of benzene rings is 2. The molecular weight excluding hydrogens is 525 g/mol. The fraction of sp³-hybridized carbons (Fsp3) is 0.520. The van der Waals surface area contributed by atoms with E-state index in [-0.39, 0.29) is 24.0 Å². The highest BCUT2D eigenvalue weighted by atomic mass is 35.5. The van der Waals surface area contributed by atoms with Gasteiger partial charge < -0.3 is 19.9 Å². The average Bonchev–Trinajstić information content (AvgIpc) is 2.87. The van der Waals surface area contributed by atoms with Gasteiger partial charge in [0.2, 0.25) is 10.0 Å². The molecule has 2 aromatic rings. The van der Waals surface area contributed by atoms with E-state index < -0.39 is 10.0 Å². The van der Waals surface area contributed by atoms with E-state index in [0.29, 0.717) is 49.6 Å². The van der Waals surface area contributed by atoms with E-state index in [0.717, 1.165) is 36.3 Å². The standard InChI is InChI=1S/C25H35Cl2N3O5S/c1-2-30-17-23(22-15-20(26)16-25(27)24(22)18-30)19-4-3-5-21(14-19)36(31,32)29-7-9-34-11-13-35-12-10-33-8-6-28/h3-5,14-16,23,29H,2,6-13,17-18,28H2,1H3. The molecule has 36 heavy (non-hydrogen) atoms. The molecule has 0 saturated heterocycles. The van der Waals surface area contributed by atoms with E-state index in [1.165, 1.54) is 0 Å². The highest BCUT2D eigenvalue weighted by molar-refractivity contribution is 7.89. The van der Waals surface area contributed by atoms with Crippen LogP contribution in [0.1, 0.15) is 29.5 Å². The summed E-state index contributed by atoms with van der Waals surface area (Å²) in [6.45, 7) is 7.58. The van der Waals surface area contributed by atoms with Gasteiger partial charge in [-0.1, -0.05) is 42.3 Å². The molecule has 0 aromatic heterocycles. The maximum absolute atomic E-state index is 12.9. The van der Waals surface area contributed by atoms with Crippen molar-refractivity contribution in [1.82, 2.24) is 9.62 Å². The van der Waals surface area contributed by atoms with Crippen LogP contribution in [-0.4, -0.2) is 79.1 Å². The lowest BCUT2D eigenvalue weighted by atomic mass is 9.84. The van der Waals surface area contributed by atoms with Crippen LogP contribution in [0.2, 0.25) is 10.0 Å². The summed E-state index contributed by atoms with van der Waals surface area (Å²) < 4.78 is 44.5. The lowest BCUT2D eigenvalue weighted by molar-refractivity contribution is 0.0171. The molecule has 1 unspecified atom stereocenters. The van der Waals surface area contributed by atoms with Gasteiger partial charge in [-0.25, -0.2) is 13.1 Å². The van der Waals surface area contributed by atoms with Crippen LogP contribution in [0.25, 0.3) is 0 Å². The molecule has 1 heterocycles. The summed E-state index contributed by atoms with van der Waals surface area (Å²) in [4.78, 5) is 2.50. The summed E-state index contributed by atoms with van der Waals surface area (Å²) in [6.07, 6.45) is 0. The van der Waals surface area contributed by atoms with Gasteiger partial charge in [-0.2, -0.15) is 0 Å². The van der Waals surface area contributed by atoms with Crippen molar-refractivity contribution in [3.8, 4) is 0 Å². The normalized spacial score (nSPS) is 16.3. The number of fused-ring (bicyclic) bond motifs is 1. The predicted molar refractivity (Wildman–Crippen MR) is 142 cm³/mol. The molecule has 1 aliphatic rings. The van der Waals surface area contributed by atoms with Crippen molar-refractivity contribution in [1.29, 1.82) is 0 Å². The van der Waals surface area contributed by atoms with Crippen molar-refractivity contribution in [3.63, 3.8) is 0 Å². The summed E-state index contributed by atoms with van der Waals surface area (Å²) in [5.41, 5.74) is 8.32. The summed E-state index contributed by atoms with van der Waals surface area (Å²) in [5, 5.41) is 1.21. The number of nitrogens with two attached hydrogens (primary N) is 1. The summed E-state index contributed by atoms with van der Waals surface area (Å²) in [7, 11) is -3.70. The predicted octanol–water partition coefficient (Wildman–Crippen LogP) is 3.25. The molecule has 0 amide bonds. The Morgan fingerprint density at radius 2 is 1.72 bits per heavy atom. The molecule has 2 aromatic carbocycles. The molecule has 0 radical (unpaired) electrons. The van der Waals surface area contributed by atoms with Crippen LogP contribution in [0.3, 0.4) is 0 Å². The first-order valence-corrected chi connectivity index (χ1v) is 14.3. The zero-order chi connectivity index (χ0) is 26.0. The van der Waals surface area contributed by atoms with Crippen molar-refractivity contribution < 1.29 is 22.6 Å². The fourth-order valence-electron chi connectivity index (χ4n) is 4.13. The lowest BCUT2D eigenvalue weighted by Gasteiger charge is -2.35. The second-order valence-corrected chi connectivity index (χ2v) is 11.0. The Balaban J connectivity index is 1.57. The first-order valence-electron chi connectivity index (χ1n) is 12.1. The lowest BCUT2D eigenvalue weighted by Crippen LogP contribution is -2.34. The number of hydrogen-bond donors (Lipinski definition) is 2. The minimum absolute atomic E-state index is 0.0379. The van der Waals surface area contributed by atoms with Gasteiger partial charge >= 0.3 is 0 Å². The van der Waals surface area contributed by atoms with Gasteiger partial charge in [-0.15, -0.1) is 0 Å². The number of rotatable bonds is 15. The molecule has 8 nitrogen and oxygen atoms in total. The van der Waals surface area contributed by atoms with Crippen LogP contribution in [0.4, 0.5) is 0 Å². The molecular formula is C25H35Cl2N3O5S. The third-order valence-corrected chi connectivity index (χ3v) is 7.97. The van der Waals surface area contributed by atoms with E-state index in [4.69, 9.17) is 43.1 Å². The zero-order valence-corrected chi connectivity index (χ0v) is 22.9. The maximum atomic E-state index is 12.9. The zero-order valence-electron chi connectivity index (χ0n) is 20.5. The first kappa shape index (κ1) is 29.3. The van der Waals surface area contributed by atoms with Gasteiger partial charge in [-0.05, 0) is 47.5 Å². The van der Waals surface area contributed by atoms with Crippen LogP contribution in [0.15, 0.2) is 41.3 Å². The number of nitrogens with zero attached hydrogens (tertiary/aromatic N) is 1. The van der Waals surface area contributed by atoms with Gasteiger partial charge in [0.25, 0.3) is 0 Å². The molecule has 11 heteroatoms. The van der Waals surface area contributed by atoms with Gasteiger partial charge in [-0.3, -0.25) is 4.90 Å². The van der Waals surface area contributed by atoms with Crippen molar-refractivity contribution in [3.05, 3.63) is 63.1 Å². The Morgan fingerprint density at radius 3 is 2.42 bits per heavy atom. The maximum Gasteiger partial charge on any atom is 0.240 e. The van der Waals surface area contributed by atoms with E-state index >= 15 is 0 Å². The second kappa shape index (κ2) is 14.6. The van der Waals surface area contributed by atoms with Crippen LogP contribution >= 0.6 is 23.2 Å². The van der Waals surface area contributed by atoms with Crippen molar-refractivity contribution in [2.75, 3.05) is 65.8 Å². The molecule has 200 valence electrons. The summed E-state index contributed by atoms with van der Waals surface area (Å²) >= 11 is 12.8. The highest BCUT2D eigenvalue weighted by Gasteiger charge is 2.29. The number of ether oxygens (including phenoxy) is 3. The number of sulfonamides is 1. The highest BCUT2D eigenvalue weighted by Crippen LogP contribution is 2.39. The number of nitrogens with one attached hydrogen (secondary N) is 1. The van der Waals surface area contributed by atoms with Gasteiger partial charge in [0.1, 0.15) is 0 Å². The molecule has 0 bridgehead atoms. The molecule has 0 saturated carbocycles. The van der Waals surface area contributed by atoms with Crippen LogP contribution in [0, 0.1) is 0 Å². The van der Waals surface area contributed by atoms with E-state index in [1.54, 1.807) is 24.3 Å². The third-order valence-electron chi connectivity index (χ3n) is 5.96. The van der Waals surface area contributed by atoms with E-state index in [2.05, 4.69) is 16.5 Å². The molecule has 3 N–H and O–H groups in total. The van der Waals surface area contributed by atoms with Gasteiger partial charge in [0.05, 0.1) is 44.5 Å². The summed E-state index contributed by atoms with van der Waals surface area (Å²) in [6, 6.07) is 10.7. The Morgan fingerprint density at radius 1 is 1.03 bits per heavy atom. The van der Waals surface area contributed by atoms with Crippen LogP contribution in [0.5, 0.6) is 0 Å². The third kappa shape index (κ3) is 8.37. The number of halogens is 2. The van der Waals surface area contributed by atoms with E-state index in [9.17, 15) is 8.42 Å². The topological polar surface area (TPSA) is 103 Å². The van der Waals surface area contributed by atoms with Crippen LogP contribution < -0.4 is 10.5 Å². The SMILES string of the molecule is CCN1Cc2c(Cl)cc(Cl)cc2C(c2cccc(S(=O)(=O)NCCOCCOCCOCCN)c2)C1. The number of likely N-dealkylation sites (N-methyl/N-ethyl adjacent to an activating group) is 1. The van der Waals surface area contributed by atoms with Gasteiger partial charge in [0.15, 0.2) is 0 Å². The Kier molecular flexibility index (Phi) is 11.9. The monoisotopic (exact) mass is 559 g/mol. The fourth-order valence-corrected chi connectivity index (χ4v) is 5.76. The minimum atomic E-state index is -3.70. The smallest absolute Gasteiger partial charge is 0.240 e. The van der Waals surface area contributed by atoms with E-state index in [1.807, 2.05) is 12.1 Å². The average molecular weight is 561 g/mol. The van der Waals surface area contributed by atoms with Gasteiger partial charge in [0, 0.05) is 42.1 Å². The summed E-state index contributed by atoms with van der Waals surface area (Å²) in [5.74, 6) is -0.0379. The molecule has 0 spiro atoms. The molecule has 0 fully saturated rings. The number of hydrogen-bond acceptors (Lipinski definition) is 7. The first-order chi connectivity index (χ1) is 17.4.